The third-order valence-electron chi connectivity index (χ3n) is 5.03. The molecule has 0 aromatic heterocycles. The van der Waals surface area contributed by atoms with Crippen LogP contribution in [0.3, 0.4) is 0 Å². The number of nitrogens with one attached hydrogen (secondary N) is 1. The maximum atomic E-state index is 12.7. The summed E-state index contributed by atoms with van der Waals surface area (Å²) in [6.45, 7) is 7.63. The number of phenolic OH excluding ortho intramolecular Hbond substituents is 2. The second-order valence-electron chi connectivity index (χ2n) is 8.37. The molecule has 0 radical (unpaired) electrons. The molecule has 0 aliphatic carbocycles. The first-order chi connectivity index (χ1) is 16.1. The first-order valence-corrected chi connectivity index (χ1v) is 11.6. The van der Waals surface area contributed by atoms with Gasteiger partial charge in [0.15, 0.2) is 6.61 Å². The van der Waals surface area contributed by atoms with E-state index < -0.39 is 17.5 Å². The highest BCUT2D eigenvalue weighted by atomic mass is 35.5. The molecule has 0 saturated carbocycles. The lowest BCUT2D eigenvalue weighted by molar-refractivity contribution is -0.141. The molecule has 34 heavy (non-hydrogen) atoms. The van der Waals surface area contributed by atoms with Crippen LogP contribution in [0.4, 0.5) is 0 Å². The van der Waals surface area contributed by atoms with Crippen molar-refractivity contribution >= 4 is 29.6 Å². The second-order valence-corrected chi connectivity index (χ2v) is 8.75. The summed E-state index contributed by atoms with van der Waals surface area (Å²) in [7, 11) is 0. The third-order valence-corrected chi connectivity index (χ3v) is 5.43. The molecule has 186 valence electrons. The van der Waals surface area contributed by atoms with Gasteiger partial charge in [-0.3, -0.25) is 15.1 Å². The Morgan fingerprint density at radius 1 is 1.12 bits per heavy atom. The fraction of sp³-hybridized carbons (Fsp3) is 0.440. The fourth-order valence-electron chi connectivity index (χ4n) is 3.63. The zero-order valence-corrected chi connectivity index (χ0v) is 20.8. The van der Waals surface area contributed by atoms with Gasteiger partial charge in [0, 0.05) is 23.7 Å². The molecule has 0 fully saturated rings. The average molecular weight is 493 g/mol. The number of hydroxylamine groups is 1. The van der Waals surface area contributed by atoms with Gasteiger partial charge in [-0.2, -0.15) is 0 Å². The number of ether oxygens (including phenoxy) is 1. The number of phenols is 2. The monoisotopic (exact) mass is 492 g/mol. The maximum Gasteiger partial charge on any atom is 0.342 e. The molecule has 1 amide bonds. The van der Waals surface area contributed by atoms with Crippen molar-refractivity contribution in [3.63, 3.8) is 0 Å². The Bertz CT molecular complexity index is 961. The number of carbonyl (C=O) groups is 2. The minimum atomic E-state index is -0.778. The number of hydrogen-bond acceptors (Lipinski definition) is 7. The van der Waals surface area contributed by atoms with Crippen LogP contribution >= 0.6 is 11.6 Å². The molecule has 1 aromatic carbocycles. The van der Waals surface area contributed by atoms with E-state index in [0.29, 0.717) is 12.1 Å². The number of benzene rings is 1. The molecule has 1 heterocycles. The number of rotatable bonds is 6. The van der Waals surface area contributed by atoms with Crippen molar-refractivity contribution in [1.82, 2.24) is 10.4 Å². The molecule has 0 atom stereocenters. The van der Waals surface area contributed by atoms with Crippen LogP contribution < -0.4 is 5.48 Å². The van der Waals surface area contributed by atoms with Crippen LogP contribution in [0.1, 0.15) is 62.9 Å². The lowest BCUT2D eigenvalue weighted by Gasteiger charge is -2.30. The van der Waals surface area contributed by atoms with Gasteiger partial charge in [-0.15, -0.1) is 0 Å². The van der Waals surface area contributed by atoms with Crippen LogP contribution in [0.25, 0.3) is 6.08 Å². The van der Waals surface area contributed by atoms with E-state index in [4.69, 9.17) is 21.2 Å². The number of allylic oxidation sites excluding steroid dienone is 3. The average Bonchev–Trinajstić information content (AvgIpc) is 2.74. The van der Waals surface area contributed by atoms with Gasteiger partial charge in [0.25, 0.3) is 5.91 Å². The molecular formula is C25H33ClN2O6. The zero-order valence-electron chi connectivity index (χ0n) is 20.0. The quantitative estimate of drug-likeness (QED) is 0.300. The highest BCUT2D eigenvalue weighted by molar-refractivity contribution is 6.34. The van der Waals surface area contributed by atoms with Crippen LogP contribution in [0.5, 0.6) is 11.5 Å². The van der Waals surface area contributed by atoms with E-state index in [-0.39, 0.29) is 47.4 Å². The lowest BCUT2D eigenvalue weighted by atomic mass is 10.0. The molecule has 1 aliphatic heterocycles. The highest BCUT2D eigenvalue weighted by Gasteiger charge is 2.23. The van der Waals surface area contributed by atoms with Gasteiger partial charge in [0.05, 0.1) is 17.3 Å². The second kappa shape index (κ2) is 13.1. The molecule has 0 unspecified atom stereocenters. The summed E-state index contributed by atoms with van der Waals surface area (Å²) >= 11 is 6.28. The Morgan fingerprint density at radius 3 is 2.44 bits per heavy atom. The first-order valence-electron chi connectivity index (χ1n) is 11.3. The van der Waals surface area contributed by atoms with Gasteiger partial charge in [-0.1, -0.05) is 29.8 Å². The number of cyclic esters (lactones) is 1. The number of fused-ring (bicyclic) bond motifs is 1. The molecule has 9 heteroatoms. The molecule has 0 spiro atoms. The number of nitrogens with zero attached hydrogens (tertiary/aromatic N) is 1. The zero-order chi connectivity index (χ0) is 25.3. The summed E-state index contributed by atoms with van der Waals surface area (Å²) in [5, 5.41) is 20.3. The van der Waals surface area contributed by atoms with Crippen LogP contribution in [-0.4, -0.2) is 52.3 Å². The smallest absolute Gasteiger partial charge is 0.342 e. The summed E-state index contributed by atoms with van der Waals surface area (Å²) in [6.07, 6.45) is 11.0. The number of aromatic hydroxyl groups is 2. The van der Waals surface area contributed by atoms with E-state index in [1.165, 1.54) is 6.08 Å². The van der Waals surface area contributed by atoms with Gasteiger partial charge < -0.3 is 19.8 Å². The minimum absolute atomic E-state index is 0.0141. The predicted octanol–water partition coefficient (Wildman–Crippen LogP) is 4.71. The molecule has 3 N–H and O–H groups in total. The van der Waals surface area contributed by atoms with Gasteiger partial charge in [-0.05, 0) is 59.1 Å². The van der Waals surface area contributed by atoms with Crippen molar-refractivity contribution in [2.24, 2.45) is 0 Å². The van der Waals surface area contributed by atoms with E-state index in [9.17, 15) is 19.8 Å². The van der Waals surface area contributed by atoms with Crippen LogP contribution in [-0.2, 0) is 14.4 Å². The lowest BCUT2D eigenvalue weighted by Crippen LogP contribution is -2.44. The van der Waals surface area contributed by atoms with E-state index in [2.05, 4.69) is 5.48 Å². The van der Waals surface area contributed by atoms with Gasteiger partial charge >= 0.3 is 5.97 Å². The number of esters is 1. The molecule has 0 saturated heterocycles. The van der Waals surface area contributed by atoms with Crippen molar-refractivity contribution in [2.45, 2.75) is 59.0 Å². The number of hydrogen-bond donors (Lipinski definition) is 3. The van der Waals surface area contributed by atoms with Gasteiger partial charge in [0.2, 0.25) is 0 Å². The van der Waals surface area contributed by atoms with Crippen LogP contribution in [0, 0.1) is 0 Å². The van der Waals surface area contributed by atoms with Crippen molar-refractivity contribution in [1.29, 1.82) is 0 Å². The van der Waals surface area contributed by atoms with Gasteiger partial charge in [0.1, 0.15) is 17.1 Å². The van der Waals surface area contributed by atoms with Crippen LogP contribution in [0.15, 0.2) is 36.1 Å². The molecule has 2 rings (SSSR count). The maximum absolute atomic E-state index is 12.7. The third kappa shape index (κ3) is 7.53. The molecule has 1 aliphatic rings. The topological polar surface area (TPSA) is 108 Å². The van der Waals surface area contributed by atoms with E-state index in [1.807, 2.05) is 45.9 Å². The number of carbonyl (C=O) groups excluding carboxylic acids is 2. The predicted molar refractivity (Wildman–Crippen MR) is 131 cm³/mol. The fourth-order valence-corrected chi connectivity index (χ4v) is 3.83. The largest absolute Gasteiger partial charge is 0.507 e. The van der Waals surface area contributed by atoms with Crippen molar-refractivity contribution in [2.75, 3.05) is 13.2 Å². The summed E-state index contributed by atoms with van der Waals surface area (Å²) < 4.78 is 5.27. The first kappa shape index (κ1) is 27.3. The van der Waals surface area contributed by atoms with Crippen LogP contribution in [0.2, 0.25) is 5.02 Å². The Hall–Kier alpha value is -2.97. The van der Waals surface area contributed by atoms with E-state index in [1.54, 1.807) is 11.0 Å². The number of halogens is 1. The SMILES string of the molecule is CC(C)N(C(=O)CON/C1=C\c2c(Cl)c(O)cc(O)c2C(=O)OCCC=CCCC=C1)C(C)C. The molecular weight excluding hydrogens is 460 g/mol. The summed E-state index contributed by atoms with van der Waals surface area (Å²) in [5.74, 6) is -1.83. The Balaban J connectivity index is 2.38. The summed E-state index contributed by atoms with van der Waals surface area (Å²) in [5.41, 5.74) is 2.96. The minimum Gasteiger partial charge on any atom is -0.507 e. The molecule has 1 aromatic rings. The van der Waals surface area contributed by atoms with Crippen molar-refractivity contribution in [3.8, 4) is 11.5 Å². The van der Waals surface area contributed by atoms with Crippen molar-refractivity contribution < 1.29 is 29.4 Å². The Morgan fingerprint density at radius 2 is 1.76 bits per heavy atom. The Labute approximate surface area is 205 Å². The number of amides is 1. The highest BCUT2D eigenvalue weighted by Crippen LogP contribution is 2.38. The van der Waals surface area contributed by atoms with E-state index >= 15 is 0 Å². The summed E-state index contributed by atoms with van der Waals surface area (Å²) in [4.78, 5) is 32.5. The summed E-state index contributed by atoms with van der Waals surface area (Å²) in [6, 6.07) is 1.02. The normalized spacial score (nSPS) is 16.4. The standard InChI is InChI=1S/C25H33ClN2O6/c1-16(2)28(17(3)4)22(31)15-34-27-18-11-9-7-5-6-8-10-12-33-25(32)23-19(13-18)24(26)21(30)14-20(23)29/h6,8-9,11,13-14,16-17,27,29-30H,5,7,10,12,15H2,1-4H3/b8-6?,11-9?,18-13-. The molecule has 0 bridgehead atoms. The Kier molecular flexibility index (Phi) is 10.5. The van der Waals surface area contributed by atoms with E-state index in [0.717, 1.165) is 18.9 Å². The van der Waals surface area contributed by atoms with Gasteiger partial charge in [-0.25, -0.2) is 4.79 Å². The van der Waals surface area contributed by atoms with Crippen molar-refractivity contribution in [3.05, 3.63) is 52.2 Å². The molecule has 8 nitrogen and oxygen atoms in total.